The lowest BCUT2D eigenvalue weighted by Gasteiger charge is -2.17. The average molecular weight is 232 g/mol. The molecule has 0 aromatic carbocycles. The van der Waals surface area contributed by atoms with Crippen molar-refractivity contribution < 1.29 is 9.53 Å². The molecule has 1 amide bonds. The normalized spacial score (nSPS) is 19.5. The van der Waals surface area contributed by atoms with Crippen LogP contribution in [-0.2, 0) is 11.3 Å². The first-order valence-corrected chi connectivity index (χ1v) is 5.62. The van der Waals surface area contributed by atoms with Gasteiger partial charge in [0.05, 0.1) is 13.7 Å². The molecule has 0 radical (unpaired) electrons. The van der Waals surface area contributed by atoms with E-state index < -0.39 is 0 Å². The molecule has 0 saturated carbocycles. The van der Waals surface area contributed by atoms with Crippen molar-refractivity contribution in [2.45, 2.75) is 13.0 Å². The summed E-state index contributed by atoms with van der Waals surface area (Å²) >= 11 is 0. The van der Waals surface area contributed by atoms with Crippen molar-refractivity contribution in [1.82, 2.24) is 9.88 Å². The van der Waals surface area contributed by atoms with Crippen molar-refractivity contribution in [3.05, 3.63) is 36.5 Å². The molecule has 1 aliphatic heterocycles. The van der Waals surface area contributed by atoms with Crippen LogP contribution in [0.5, 0.6) is 5.88 Å². The Morgan fingerprint density at radius 2 is 2.53 bits per heavy atom. The molecule has 0 aliphatic carbocycles. The van der Waals surface area contributed by atoms with Gasteiger partial charge >= 0.3 is 0 Å². The highest BCUT2D eigenvalue weighted by atomic mass is 16.5. The van der Waals surface area contributed by atoms with Crippen LogP contribution in [0, 0.1) is 5.92 Å². The highest BCUT2D eigenvalue weighted by Crippen LogP contribution is 2.23. The van der Waals surface area contributed by atoms with E-state index in [0.29, 0.717) is 18.8 Å². The summed E-state index contributed by atoms with van der Waals surface area (Å²) in [5.74, 6) is 1.02. The first kappa shape index (κ1) is 11.6. The number of likely N-dealkylation sites (tertiary alicyclic amines) is 1. The minimum atomic E-state index is 0.167. The van der Waals surface area contributed by atoms with Crippen molar-refractivity contribution >= 4 is 5.91 Å². The van der Waals surface area contributed by atoms with Gasteiger partial charge in [-0.25, -0.2) is 4.98 Å². The van der Waals surface area contributed by atoms with Gasteiger partial charge in [0.2, 0.25) is 11.8 Å². The Bertz CT molecular complexity index is 431. The van der Waals surface area contributed by atoms with Crippen LogP contribution in [0.3, 0.4) is 0 Å². The van der Waals surface area contributed by atoms with Crippen LogP contribution in [0.2, 0.25) is 0 Å². The summed E-state index contributed by atoms with van der Waals surface area (Å²) in [6.07, 6.45) is 4.09. The highest BCUT2D eigenvalue weighted by molar-refractivity contribution is 5.79. The Morgan fingerprint density at radius 1 is 1.71 bits per heavy atom. The van der Waals surface area contributed by atoms with E-state index in [1.165, 1.54) is 0 Å². The summed E-state index contributed by atoms with van der Waals surface area (Å²) in [7, 11) is 1.59. The van der Waals surface area contributed by atoms with E-state index in [9.17, 15) is 4.79 Å². The lowest BCUT2D eigenvalue weighted by atomic mass is 10.1. The van der Waals surface area contributed by atoms with Gasteiger partial charge in [-0.1, -0.05) is 12.1 Å². The summed E-state index contributed by atoms with van der Waals surface area (Å²) < 4.78 is 5.17. The van der Waals surface area contributed by atoms with Crippen molar-refractivity contribution in [2.75, 3.05) is 13.7 Å². The van der Waals surface area contributed by atoms with Gasteiger partial charge in [0.25, 0.3) is 0 Å². The summed E-state index contributed by atoms with van der Waals surface area (Å²) in [5, 5.41) is 0. The molecule has 1 aromatic rings. The molecule has 0 spiro atoms. The minimum Gasteiger partial charge on any atom is -0.481 e. The molecule has 17 heavy (non-hydrogen) atoms. The number of hydrogen-bond donors (Lipinski definition) is 0. The van der Waals surface area contributed by atoms with Crippen molar-refractivity contribution in [1.29, 1.82) is 0 Å². The van der Waals surface area contributed by atoms with Gasteiger partial charge in [-0.3, -0.25) is 4.79 Å². The second-order valence-corrected chi connectivity index (χ2v) is 4.15. The molecular formula is C13H16N2O2. The molecule has 1 atom stereocenters. The standard InChI is InChI=1S/C13H16N2O2/c1-3-10-7-12(16)15(8-10)9-11-5-4-6-14-13(11)17-2/h3-6,10H,1,7-9H2,2H3. The number of carbonyl (C=O) groups is 1. The zero-order valence-corrected chi connectivity index (χ0v) is 9.93. The summed E-state index contributed by atoms with van der Waals surface area (Å²) in [5.41, 5.74) is 0.938. The Labute approximate surface area is 101 Å². The van der Waals surface area contributed by atoms with E-state index in [1.54, 1.807) is 13.3 Å². The Balaban J connectivity index is 2.11. The topological polar surface area (TPSA) is 42.4 Å². The van der Waals surface area contributed by atoms with Crippen molar-refractivity contribution in [2.24, 2.45) is 5.92 Å². The van der Waals surface area contributed by atoms with Gasteiger partial charge < -0.3 is 9.64 Å². The summed E-state index contributed by atoms with van der Waals surface area (Å²) in [4.78, 5) is 17.7. The molecule has 2 rings (SSSR count). The van der Waals surface area contributed by atoms with Gasteiger partial charge in [0, 0.05) is 30.6 Å². The molecular weight excluding hydrogens is 216 g/mol. The smallest absolute Gasteiger partial charge is 0.223 e. The summed E-state index contributed by atoms with van der Waals surface area (Å²) in [6.45, 7) is 5.03. The van der Waals surface area contributed by atoms with Gasteiger partial charge in [0.1, 0.15) is 0 Å². The fourth-order valence-corrected chi connectivity index (χ4v) is 2.05. The lowest BCUT2D eigenvalue weighted by molar-refractivity contribution is -0.128. The van der Waals surface area contributed by atoms with E-state index in [0.717, 1.165) is 12.1 Å². The number of nitrogens with zero attached hydrogens (tertiary/aromatic N) is 2. The molecule has 1 aromatic heterocycles. The zero-order chi connectivity index (χ0) is 12.3. The Kier molecular flexibility index (Phi) is 3.42. The first-order valence-electron chi connectivity index (χ1n) is 5.62. The van der Waals surface area contributed by atoms with Gasteiger partial charge in [-0.05, 0) is 6.07 Å². The van der Waals surface area contributed by atoms with E-state index in [4.69, 9.17) is 4.74 Å². The van der Waals surface area contributed by atoms with E-state index >= 15 is 0 Å². The van der Waals surface area contributed by atoms with Gasteiger partial charge in [-0.2, -0.15) is 0 Å². The molecule has 4 nitrogen and oxygen atoms in total. The Hall–Kier alpha value is -1.84. The van der Waals surface area contributed by atoms with E-state index in [2.05, 4.69) is 11.6 Å². The first-order chi connectivity index (χ1) is 8.24. The number of hydrogen-bond acceptors (Lipinski definition) is 3. The molecule has 2 heterocycles. The molecule has 1 fully saturated rings. The fourth-order valence-electron chi connectivity index (χ4n) is 2.05. The number of pyridine rings is 1. The molecule has 4 heteroatoms. The predicted molar refractivity (Wildman–Crippen MR) is 64.5 cm³/mol. The summed E-state index contributed by atoms with van der Waals surface area (Å²) in [6, 6.07) is 3.78. The van der Waals surface area contributed by atoms with Gasteiger partial charge in [-0.15, -0.1) is 6.58 Å². The van der Waals surface area contributed by atoms with Gasteiger partial charge in [0.15, 0.2) is 0 Å². The third kappa shape index (κ3) is 2.46. The quantitative estimate of drug-likeness (QED) is 0.741. The SMILES string of the molecule is C=CC1CC(=O)N(Cc2cccnc2OC)C1. The number of rotatable bonds is 4. The largest absolute Gasteiger partial charge is 0.481 e. The number of amides is 1. The van der Waals surface area contributed by atoms with Crippen molar-refractivity contribution in [3.8, 4) is 5.88 Å². The van der Waals surface area contributed by atoms with Crippen molar-refractivity contribution in [3.63, 3.8) is 0 Å². The molecule has 1 saturated heterocycles. The molecule has 0 bridgehead atoms. The fraction of sp³-hybridized carbons (Fsp3) is 0.385. The molecule has 90 valence electrons. The number of carbonyl (C=O) groups excluding carboxylic acids is 1. The van der Waals surface area contributed by atoms with E-state index in [1.807, 2.05) is 23.1 Å². The average Bonchev–Trinajstić information content (AvgIpc) is 2.71. The van der Waals surface area contributed by atoms with Crippen LogP contribution in [0.4, 0.5) is 0 Å². The highest BCUT2D eigenvalue weighted by Gasteiger charge is 2.28. The third-order valence-corrected chi connectivity index (χ3v) is 2.98. The van der Waals surface area contributed by atoms with Crippen LogP contribution >= 0.6 is 0 Å². The van der Waals surface area contributed by atoms with Crippen LogP contribution in [-0.4, -0.2) is 29.4 Å². The minimum absolute atomic E-state index is 0.167. The van der Waals surface area contributed by atoms with E-state index in [-0.39, 0.29) is 11.8 Å². The maximum Gasteiger partial charge on any atom is 0.223 e. The number of methoxy groups -OCH3 is 1. The maximum atomic E-state index is 11.8. The zero-order valence-electron chi connectivity index (χ0n) is 9.93. The van der Waals surface area contributed by atoms with Crippen LogP contribution in [0.25, 0.3) is 0 Å². The van der Waals surface area contributed by atoms with Crippen LogP contribution in [0.1, 0.15) is 12.0 Å². The molecule has 0 N–H and O–H groups in total. The van der Waals surface area contributed by atoms with Crippen LogP contribution < -0.4 is 4.74 Å². The Morgan fingerprint density at radius 3 is 3.18 bits per heavy atom. The predicted octanol–water partition coefficient (Wildman–Crippen LogP) is 1.62. The number of aromatic nitrogens is 1. The maximum absolute atomic E-state index is 11.8. The lowest BCUT2D eigenvalue weighted by Crippen LogP contribution is -2.24. The molecule has 1 unspecified atom stereocenters. The third-order valence-electron chi connectivity index (χ3n) is 2.98. The second-order valence-electron chi connectivity index (χ2n) is 4.15. The molecule has 1 aliphatic rings. The second kappa shape index (κ2) is 4.99. The van der Waals surface area contributed by atoms with Crippen LogP contribution in [0.15, 0.2) is 31.0 Å². The monoisotopic (exact) mass is 232 g/mol. The number of ether oxygens (including phenoxy) is 1.